The lowest BCUT2D eigenvalue weighted by atomic mass is 9.93. The summed E-state index contributed by atoms with van der Waals surface area (Å²) in [5.74, 6) is 2.41. The van der Waals surface area contributed by atoms with Crippen molar-refractivity contribution in [1.29, 1.82) is 0 Å². The summed E-state index contributed by atoms with van der Waals surface area (Å²) in [7, 11) is 5.97. The predicted octanol–water partition coefficient (Wildman–Crippen LogP) is 1.67. The van der Waals surface area contributed by atoms with E-state index in [0.717, 1.165) is 36.1 Å². The van der Waals surface area contributed by atoms with Crippen molar-refractivity contribution in [2.24, 2.45) is 10.4 Å². The molecule has 1 aromatic rings. The number of guanidine groups is 1. The lowest BCUT2D eigenvalue weighted by molar-refractivity contribution is 0.174. The first-order valence-corrected chi connectivity index (χ1v) is 7.87. The number of nitrogens with one attached hydrogen (secondary N) is 2. The van der Waals surface area contributed by atoms with Crippen LogP contribution in [0.4, 0.5) is 0 Å². The Bertz CT molecular complexity index is 556. The Kier molecular flexibility index (Phi) is 5.71. The van der Waals surface area contributed by atoms with Gasteiger partial charge in [0.2, 0.25) is 6.79 Å². The van der Waals surface area contributed by atoms with E-state index < -0.39 is 0 Å². The molecule has 1 aliphatic rings. The van der Waals surface area contributed by atoms with Gasteiger partial charge in [-0.25, -0.2) is 0 Å². The smallest absolute Gasteiger partial charge is 0.231 e. The number of fused-ring (bicyclic) bond motifs is 1. The van der Waals surface area contributed by atoms with Crippen LogP contribution in [0.15, 0.2) is 23.2 Å². The van der Waals surface area contributed by atoms with Crippen molar-refractivity contribution < 1.29 is 9.47 Å². The molecule has 128 valence electrons. The highest BCUT2D eigenvalue weighted by Crippen LogP contribution is 2.32. The molecule has 6 heteroatoms. The topological polar surface area (TPSA) is 58.1 Å². The summed E-state index contributed by atoms with van der Waals surface area (Å²) in [5.41, 5.74) is 1.30. The van der Waals surface area contributed by atoms with Crippen LogP contribution < -0.4 is 20.1 Å². The van der Waals surface area contributed by atoms with Gasteiger partial charge in [-0.1, -0.05) is 19.9 Å². The second-order valence-electron chi connectivity index (χ2n) is 6.87. The van der Waals surface area contributed by atoms with E-state index in [4.69, 9.17) is 9.47 Å². The SMILES string of the molecule is CN=C(NCc1ccc2c(c1)OCO2)NCC(C)(C)CN(C)C. The summed E-state index contributed by atoms with van der Waals surface area (Å²) in [4.78, 5) is 6.48. The molecule has 1 aromatic carbocycles. The fourth-order valence-electron chi connectivity index (χ4n) is 2.69. The molecule has 0 aliphatic carbocycles. The van der Waals surface area contributed by atoms with Crippen LogP contribution in [-0.2, 0) is 6.54 Å². The summed E-state index contributed by atoms with van der Waals surface area (Å²) in [6.45, 7) is 7.34. The van der Waals surface area contributed by atoms with Crippen molar-refractivity contribution in [3.8, 4) is 11.5 Å². The predicted molar refractivity (Wildman–Crippen MR) is 93.1 cm³/mol. The van der Waals surface area contributed by atoms with Crippen molar-refractivity contribution in [3.63, 3.8) is 0 Å². The molecule has 0 amide bonds. The minimum atomic E-state index is 0.167. The lowest BCUT2D eigenvalue weighted by Gasteiger charge is -2.29. The van der Waals surface area contributed by atoms with Crippen LogP contribution in [0.1, 0.15) is 19.4 Å². The monoisotopic (exact) mass is 320 g/mol. The molecule has 0 bridgehead atoms. The van der Waals surface area contributed by atoms with Crippen LogP contribution in [-0.4, -0.2) is 51.9 Å². The summed E-state index contributed by atoms with van der Waals surface area (Å²) in [5, 5.41) is 6.73. The Hall–Kier alpha value is -1.95. The zero-order valence-electron chi connectivity index (χ0n) is 14.8. The first-order chi connectivity index (χ1) is 10.9. The van der Waals surface area contributed by atoms with Gasteiger partial charge in [0.05, 0.1) is 0 Å². The second kappa shape index (κ2) is 7.55. The number of nitrogens with zero attached hydrogens (tertiary/aromatic N) is 2. The van der Waals surface area contributed by atoms with Crippen molar-refractivity contribution >= 4 is 5.96 Å². The van der Waals surface area contributed by atoms with Gasteiger partial charge in [0.15, 0.2) is 17.5 Å². The molecule has 0 aromatic heterocycles. The Morgan fingerprint density at radius 3 is 2.65 bits per heavy atom. The number of ether oxygens (including phenoxy) is 2. The van der Waals surface area contributed by atoms with Crippen LogP contribution in [0.5, 0.6) is 11.5 Å². The first kappa shape index (κ1) is 17.4. The molecule has 1 aliphatic heterocycles. The molecule has 0 spiro atoms. The van der Waals surface area contributed by atoms with Crippen LogP contribution in [0, 0.1) is 5.41 Å². The first-order valence-electron chi connectivity index (χ1n) is 7.87. The molecule has 0 fully saturated rings. The highest BCUT2D eigenvalue weighted by Gasteiger charge is 2.19. The molecular weight excluding hydrogens is 292 g/mol. The molecule has 2 N–H and O–H groups in total. The molecule has 0 saturated carbocycles. The second-order valence-corrected chi connectivity index (χ2v) is 6.87. The van der Waals surface area contributed by atoms with Gasteiger partial charge in [0.1, 0.15) is 0 Å². The van der Waals surface area contributed by atoms with Gasteiger partial charge in [0, 0.05) is 26.7 Å². The minimum absolute atomic E-state index is 0.167. The number of benzene rings is 1. The van der Waals surface area contributed by atoms with Crippen molar-refractivity contribution in [3.05, 3.63) is 23.8 Å². The summed E-state index contributed by atoms with van der Waals surface area (Å²) >= 11 is 0. The van der Waals surface area contributed by atoms with Gasteiger partial charge in [-0.05, 0) is 37.2 Å². The maximum atomic E-state index is 5.40. The Morgan fingerprint density at radius 2 is 1.96 bits per heavy atom. The van der Waals surface area contributed by atoms with Gasteiger partial charge >= 0.3 is 0 Å². The largest absolute Gasteiger partial charge is 0.454 e. The number of aliphatic imine (C=N–C) groups is 1. The highest BCUT2D eigenvalue weighted by molar-refractivity contribution is 5.79. The zero-order valence-corrected chi connectivity index (χ0v) is 14.8. The quantitative estimate of drug-likeness (QED) is 0.617. The van der Waals surface area contributed by atoms with Gasteiger partial charge in [0.25, 0.3) is 0 Å². The van der Waals surface area contributed by atoms with E-state index in [9.17, 15) is 0 Å². The standard InChI is InChI=1S/C17H28N4O2/c1-17(2,11-21(4)5)10-20-16(18-3)19-9-13-6-7-14-15(8-13)23-12-22-14/h6-8H,9-12H2,1-5H3,(H2,18,19,20). The molecule has 0 unspecified atom stereocenters. The van der Waals surface area contributed by atoms with Crippen molar-refractivity contribution in [2.75, 3.05) is 41.0 Å². The maximum Gasteiger partial charge on any atom is 0.231 e. The Labute approximate surface area is 138 Å². The number of hydrogen-bond donors (Lipinski definition) is 2. The van der Waals surface area contributed by atoms with Crippen LogP contribution in [0.3, 0.4) is 0 Å². The van der Waals surface area contributed by atoms with Gasteiger partial charge in [-0.15, -0.1) is 0 Å². The molecule has 0 radical (unpaired) electrons. The number of rotatable bonds is 6. The molecule has 2 rings (SSSR count). The van der Waals surface area contributed by atoms with Gasteiger partial charge in [-0.3, -0.25) is 4.99 Å². The summed E-state index contributed by atoms with van der Waals surface area (Å²) in [6.07, 6.45) is 0. The summed E-state index contributed by atoms with van der Waals surface area (Å²) < 4.78 is 10.7. The Morgan fingerprint density at radius 1 is 1.22 bits per heavy atom. The van der Waals surface area contributed by atoms with Crippen molar-refractivity contribution in [1.82, 2.24) is 15.5 Å². The van der Waals surface area contributed by atoms with E-state index in [0.29, 0.717) is 13.3 Å². The molecule has 23 heavy (non-hydrogen) atoms. The fourth-order valence-corrected chi connectivity index (χ4v) is 2.69. The number of hydrogen-bond acceptors (Lipinski definition) is 4. The van der Waals surface area contributed by atoms with Gasteiger partial charge < -0.3 is 25.0 Å². The average Bonchev–Trinajstić information content (AvgIpc) is 2.93. The summed E-state index contributed by atoms with van der Waals surface area (Å²) in [6, 6.07) is 5.97. The third kappa shape index (κ3) is 5.32. The van der Waals surface area contributed by atoms with E-state index in [2.05, 4.69) is 48.5 Å². The van der Waals surface area contributed by atoms with E-state index in [1.165, 1.54) is 0 Å². The third-order valence-electron chi connectivity index (χ3n) is 3.60. The normalized spacial score (nSPS) is 14.3. The molecule has 0 atom stereocenters. The molecule has 1 heterocycles. The van der Waals surface area contributed by atoms with Crippen LogP contribution in [0.25, 0.3) is 0 Å². The lowest BCUT2D eigenvalue weighted by Crippen LogP contribution is -2.44. The highest BCUT2D eigenvalue weighted by atomic mass is 16.7. The zero-order chi connectivity index (χ0) is 16.9. The molecular formula is C17H28N4O2. The van der Waals surface area contributed by atoms with Crippen LogP contribution in [0.2, 0.25) is 0 Å². The van der Waals surface area contributed by atoms with E-state index in [-0.39, 0.29) is 5.41 Å². The molecule has 6 nitrogen and oxygen atoms in total. The third-order valence-corrected chi connectivity index (χ3v) is 3.60. The Balaban J connectivity index is 1.83. The molecule has 0 saturated heterocycles. The van der Waals surface area contributed by atoms with E-state index in [1.54, 1.807) is 7.05 Å². The average molecular weight is 320 g/mol. The maximum absolute atomic E-state index is 5.40. The van der Waals surface area contributed by atoms with Crippen LogP contribution >= 0.6 is 0 Å². The van der Waals surface area contributed by atoms with Crippen molar-refractivity contribution in [2.45, 2.75) is 20.4 Å². The van der Waals surface area contributed by atoms with E-state index >= 15 is 0 Å². The fraction of sp³-hybridized carbons (Fsp3) is 0.588. The van der Waals surface area contributed by atoms with E-state index in [1.807, 2.05) is 18.2 Å². The minimum Gasteiger partial charge on any atom is -0.454 e. The van der Waals surface area contributed by atoms with Gasteiger partial charge in [-0.2, -0.15) is 0 Å².